The molecule has 0 spiro atoms. The van der Waals surface area contributed by atoms with Crippen molar-refractivity contribution in [3.05, 3.63) is 0 Å². The van der Waals surface area contributed by atoms with Gasteiger partial charge in [0.15, 0.2) is 0 Å². The molecule has 1 aliphatic carbocycles. The van der Waals surface area contributed by atoms with E-state index < -0.39 is 0 Å². The summed E-state index contributed by atoms with van der Waals surface area (Å²) in [4.78, 5) is 12.3. The molecule has 1 saturated heterocycles. The molecule has 1 aliphatic heterocycles. The molecule has 1 heterocycles. The molecular formula is C13H24N2O2. The van der Waals surface area contributed by atoms with E-state index in [4.69, 9.17) is 4.74 Å². The number of likely N-dealkylation sites (N-methyl/N-ethyl adjacent to an activating group) is 1. The minimum absolute atomic E-state index is 0.0209. The number of ether oxygens (including phenoxy) is 1. The molecule has 0 radical (unpaired) electrons. The van der Waals surface area contributed by atoms with Gasteiger partial charge in [-0.2, -0.15) is 0 Å². The van der Waals surface area contributed by atoms with Crippen molar-refractivity contribution in [1.29, 1.82) is 0 Å². The summed E-state index contributed by atoms with van der Waals surface area (Å²) in [6.45, 7) is 6.32. The van der Waals surface area contributed by atoms with Gasteiger partial charge in [-0.05, 0) is 26.3 Å². The average Bonchev–Trinajstić information content (AvgIpc) is 2.88. The van der Waals surface area contributed by atoms with Crippen LogP contribution in [0.3, 0.4) is 0 Å². The van der Waals surface area contributed by atoms with Crippen LogP contribution in [0.1, 0.15) is 39.5 Å². The Balaban J connectivity index is 1.90. The Kier molecular flexibility index (Phi) is 4.05. The molecule has 2 rings (SSSR count). The molecule has 2 aliphatic rings. The molecule has 2 N–H and O–H groups in total. The number of rotatable bonds is 4. The second-order valence-electron chi connectivity index (χ2n) is 5.57. The fraction of sp³-hybridized carbons (Fsp3) is 0.923. The van der Waals surface area contributed by atoms with E-state index in [2.05, 4.69) is 24.5 Å². The van der Waals surface area contributed by atoms with E-state index in [0.717, 1.165) is 19.4 Å². The Morgan fingerprint density at radius 2 is 2.06 bits per heavy atom. The summed E-state index contributed by atoms with van der Waals surface area (Å²) in [5.74, 6) is 0.144. The first-order chi connectivity index (χ1) is 8.14. The van der Waals surface area contributed by atoms with E-state index >= 15 is 0 Å². The van der Waals surface area contributed by atoms with Crippen LogP contribution in [0, 0.1) is 5.92 Å². The SMILES string of the molecule is CCNC1COCC1C(=O)NC1(C)CCCC1. The fourth-order valence-corrected chi connectivity index (χ4v) is 2.95. The summed E-state index contributed by atoms with van der Waals surface area (Å²) in [5.41, 5.74) is 0.0242. The number of hydrogen-bond acceptors (Lipinski definition) is 3. The maximum absolute atomic E-state index is 12.3. The molecular weight excluding hydrogens is 216 g/mol. The van der Waals surface area contributed by atoms with Gasteiger partial charge in [0.25, 0.3) is 0 Å². The van der Waals surface area contributed by atoms with Crippen LogP contribution in [0.2, 0.25) is 0 Å². The number of carbonyl (C=O) groups is 1. The van der Waals surface area contributed by atoms with Crippen molar-refractivity contribution in [3.63, 3.8) is 0 Å². The van der Waals surface area contributed by atoms with Gasteiger partial charge >= 0.3 is 0 Å². The van der Waals surface area contributed by atoms with Crippen LogP contribution >= 0.6 is 0 Å². The molecule has 0 aromatic heterocycles. The monoisotopic (exact) mass is 240 g/mol. The van der Waals surface area contributed by atoms with Crippen molar-refractivity contribution >= 4 is 5.91 Å². The smallest absolute Gasteiger partial charge is 0.227 e. The summed E-state index contributed by atoms with van der Waals surface area (Å²) in [6, 6.07) is 0.185. The molecule has 1 saturated carbocycles. The highest BCUT2D eigenvalue weighted by Crippen LogP contribution is 2.29. The molecule has 4 heteroatoms. The maximum atomic E-state index is 12.3. The predicted octanol–water partition coefficient (Wildman–Crippen LogP) is 1.06. The topological polar surface area (TPSA) is 50.4 Å². The van der Waals surface area contributed by atoms with Crippen LogP contribution in [0.4, 0.5) is 0 Å². The van der Waals surface area contributed by atoms with Crippen LogP contribution in [0.15, 0.2) is 0 Å². The predicted molar refractivity (Wildman–Crippen MR) is 66.8 cm³/mol. The van der Waals surface area contributed by atoms with Gasteiger partial charge < -0.3 is 15.4 Å². The highest BCUT2D eigenvalue weighted by molar-refractivity contribution is 5.80. The van der Waals surface area contributed by atoms with Gasteiger partial charge in [0, 0.05) is 11.6 Å². The third-order valence-corrected chi connectivity index (χ3v) is 4.02. The maximum Gasteiger partial charge on any atom is 0.227 e. The molecule has 1 amide bonds. The third-order valence-electron chi connectivity index (χ3n) is 4.02. The second kappa shape index (κ2) is 5.36. The minimum Gasteiger partial charge on any atom is -0.379 e. The third kappa shape index (κ3) is 2.99. The minimum atomic E-state index is -0.0209. The molecule has 0 aromatic carbocycles. The molecule has 0 bridgehead atoms. The molecule has 4 nitrogen and oxygen atoms in total. The Hall–Kier alpha value is -0.610. The van der Waals surface area contributed by atoms with Crippen LogP contribution in [-0.4, -0.2) is 37.2 Å². The first kappa shape index (κ1) is 12.8. The number of amides is 1. The van der Waals surface area contributed by atoms with Crippen LogP contribution in [0.5, 0.6) is 0 Å². The first-order valence-electron chi connectivity index (χ1n) is 6.78. The summed E-state index contributed by atoms with van der Waals surface area (Å²) in [6.07, 6.45) is 4.68. The number of nitrogens with one attached hydrogen (secondary N) is 2. The largest absolute Gasteiger partial charge is 0.379 e. The fourth-order valence-electron chi connectivity index (χ4n) is 2.95. The molecule has 0 aromatic rings. The zero-order chi connectivity index (χ0) is 12.3. The Bertz CT molecular complexity index is 275. The Morgan fingerprint density at radius 3 is 2.71 bits per heavy atom. The molecule has 2 atom stereocenters. The Morgan fingerprint density at radius 1 is 1.35 bits per heavy atom. The van der Waals surface area contributed by atoms with Crippen molar-refractivity contribution in [3.8, 4) is 0 Å². The first-order valence-corrected chi connectivity index (χ1v) is 6.78. The zero-order valence-electron chi connectivity index (χ0n) is 10.9. The summed E-state index contributed by atoms with van der Waals surface area (Å²) < 4.78 is 5.42. The van der Waals surface area contributed by atoms with Gasteiger partial charge in [-0.3, -0.25) is 4.79 Å². The second-order valence-corrected chi connectivity index (χ2v) is 5.57. The van der Waals surface area contributed by atoms with Gasteiger partial charge in [-0.1, -0.05) is 19.8 Å². The van der Waals surface area contributed by atoms with E-state index in [9.17, 15) is 4.79 Å². The van der Waals surface area contributed by atoms with Gasteiger partial charge in [0.05, 0.1) is 19.1 Å². The summed E-state index contributed by atoms with van der Waals surface area (Å²) >= 11 is 0. The van der Waals surface area contributed by atoms with Gasteiger partial charge in [-0.15, -0.1) is 0 Å². The van der Waals surface area contributed by atoms with Crippen molar-refractivity contribution in [2.24, 2.45) is 5.92 Å². The van der Waals surface area contributed by atoms with Crippen molar-refractivity contribution in [1.82, 2.24) is 10.6 Å². The summed E-state index contributed by atoms with van der Waals surface area (Å²) in [5, 5.41) is 6.55. The number of carbonyl (C=O) groups excluding carboxylic acids is 1. The highest BCUT2D eigenvalue weighted by Gasteiger charge is 2.37. The van der Waals surface area contributed by atoms with Gasteiger partial charge in [0.2, 0.25) is 5.91 Å². The van der Waals surface area contributed by atoms with E-state index in [0.29, 0.717) is 13.2 Å². The van der Waals surface area contributed by atoms with Crippen LogP contribution in [0.25, 0.3) is 0 Å². The standard InChI is InChI=1S/C13H24N2O2/c1-3-14-11-9-17-8-10(11)12(16)15-13(2)6-4-5-7-13/h10-11,14H,3-9H2,1-2H3,(H,15,16). The average molecular weight is 240 g/mol. The highest BCUT2D eigenvalue weighted by atomic mass is 16.5. The Labute approximate surface area is 103 Å². The van der Waals surface area contributed by atoms with Crippen molar-refractivity contribution in [2.75, 3.05) is 19.8 Å². The van der Waals surface area contributed by atoms with Gasteiger partial charge in [0.1, 0.15) is 0 Å². The molecule has 17 heavy (non-hydrogen) atoms. The lowest BCUT2D eigenvalue weighted by Crippen LogP contribution is -2.51. The molecule has 2 unspecified atom stereocenters. The van der Waals surface area contributed by atoms with E-state index in [-0.39, 0.29) is 23.4 Å². The molecule has 98 valence electrons. The van der Waals surface area contributed by atoms with E-state index in [1.165, 1.54) is 12.8 Å². The van der Waals surface area contributed by atoms with Crippen molar-refractivity contribution < 1.29 is 9.53 Å². The lowest BCUT2D eigenvalue weighted by molar-refractivity contribution is -0.127. The lowest BCUT2D eigenvalue weighted by atomic mass is 9.96. The normalized spacial score (nSPS) is 31.6. The number of hydrogen-bond donors (Lipinski definition) is 2. The van der Waals surface area contributed by atoms with Gasteiger partial charge in [-0.25, -0.2) is 0 Å². The zero-order valence-corrected chi connectivity index (χ0v) is 10.9. The van der Waals surface area contributed by atoms with Crippen LogP contribution < -0.4 is 10.6 Å². The lowest BCUT2D eigenvalue weighted by Gasteiger charge is -2.28. The summed E-state index contributed by atoms with van der Waals surface area (Å²) in [7, 11) is 0. The van der Waals surface area contributed by atoms with Crippen LogP contribution in [-0.2, 0) is 9.53 Å². The molecule has 2 fully saturated rings. The van der Waals surface area contributed by atoms with E-state index in [1.54, 1.807) is 0 Å². The quantitative estimate of drug-likeness (QED) is 0.772. The van der Waals surface area contributed by atoms with E-state index in [1.807, 2.05) is 0 Å². The van der Waals surface area contributed by atoms with Crippen molar-refractivity contribution in [2.45, 2.75) is 51.1 Å².